The smallest absolute Gasteiger partial charge is 0.263 e. The van der Waals surface area contributed by atoms with Gasteiger partial charge in [0.25, 0.3) is 10.7 Å². The molecule has 13 nitrogen and oxygen atoms in total. The predicted octanol–water partition coefficient (Wildman–Crippen LogP) is 2.24. The number of aromatic nitrogens is 4. The molecule has 0 spiro atoms. The molecule has 1 aliphatic rings. The quantitative estimate of drug-likeness (QED) is 0.244. The second kappa shape index (κ2) is 12.4. The summed E-state index contributed by atoms with van der Waals surface area (Å²) in [4.78, 5) is 37.9. The van der Waals surface area contributed by atoms with Gasteiger partial charge in [0.05, 0.1) is 36.2 Å². The molecule has 4 aromatic rings. The molecule has 0 bridgehead atoms. The highest BCUT2D eigenvalue weighted by atomic mass is 32.2. The molecule has 1 aromatic carbocycles. The molecule has 1 saturated heterocycles. The van der Waals surface area contributed by atoms with Crippen LogP contribution >= 0.6 is 0 Å². The zero-order chi connectivity index (χ0) is 29.9. The number of piperazine rings is 1. The van der Waals surface area contributed by atoms with Gasteiger partial charge < -0.3 is 24.8 Å². The highest BCUT2D eigenvalue weighted by Crippen LogP contribution is 2.23. The van der Waals surface area contributed by atoms with Crippen molar-refractivity contribution in [3.8, 4) is 0 Å². The summed E-state index contributed by atoms with van der Waals surface area (Å²) in [7, 11) is -2.49. The van der Waals surface area contributed by atoms with E-state index in [2.05, 4.69) is 30.7 Å². The monoisotopic (exact) mass is 595 g/mol. The van der Waals surface area contributed by atoms with E-state index in [0.717, 1.165) is 37.6 Å². The Hall–Kier alpha value is -4.14. The maximum absolute atomic E-state index is 13.7. The molecule has 4 heterocycles. The van der Waals surface area contributed by atoms with Gasteiger partial charge >= 0.3 is 0 Å². The van der Waals surface area contributed by atoms with Gasteiger partial charge in [0.1, 0.15) is 5.65 Å². The number of hydrogen-bond acceptors (Lipinski definition) is 12. The second-order valence-corrected chi connectivity index (χ2v) is 12.3. The van der Waals surface area contributed by atoms with Crippen LogP contribution < -0.4 is 21.1 Å². The highest BCUT2D eigenvalue weighted by molar-refractivity contribution is 7.91. The molecule has 0 atom stereocenters. The lowest BCUT2D eigenvalue weighted by Gasteiger charge is -2.29. The van der Waals surface area contributed by atoms with Crippen molar-refractivity contribution >= 4 is 44.0 Å². The van der Waals surface area contributed by atoms with Crippen molar-refractivity contribution < 1.29 is 22.5 Å². The third-order valence-electron chi connectivity index (χ3n) is 7.00. The van der Waals surface area contributed by atoms with Crippen molar-refractivity contribution in [2.75, 3.05) is 55.9 Å². The standard InChI is InChI=1S/C28H33N7O6S/c1-18(2)24(36)23-14-19-15-30-28(32-21-4-6-22(7-5-21)34-10-8-29-9-11-34)33-25(19)35(26(23)37)17-20-16-31-41-27(20)42(38,39)13-12-40-3/h4-7,14-16,18,29H,8-13,17H2,1-3H3,(H,30,32,33). The fourth-order valence-electron chi connectivity index (χ4n) is 4.73. The second-order valence-electron chi connectivity index (χ2n) is 10.3. The molecule has 1 aliphatic heterocycles. The van der Waals surface area contributed by atoms with E-state index in [4.69, 9.17) is 9.26 Å². The lowest BCUT2D eigenvalue weighted by Crippen LogP contribution is -2.43. The van der Waals surface area contributed by atoms with Gasteiger partial charge in [-0.1, -0.05) is 19.0 Å². The van der Waals surface area contributed by atoms with Crippen LogP contribution in [0.5, 0.6) is 0 Å². The molecule has 0 unspecified atom stereocenters. The number of nitrogens with zero attached hydrogens (tertiary/aromatic N) is 5. The number of ketones is 1. The minimum absolute atomic E-state index is 0.0365. The van der Waals surface area contributed by atoms with Crippen LogP contribution in [0.3, 0.4) is 0 Å². The number of nitrogens with one attached hydrogen (secondary N) is 2. The van der Waals surface area contributed by atoms with E-state index in [9.17, 15) is 18.0 Å². The average Bonchev–Trinajstić information content (AvgIpc) is 3.47. The Kier molecular flexibility index (Phi) is 8.66. The molecule has 3 aromatic heterocycles. The summed E-state index contributed by atoms with van der Waals surface area (Å²) in [6, 6.07) is 9.37. The van der Waals surface area contributed by atoms with Gasteiger partial charge in [0, 0.05) is 62.2 Å². The topological polar surface area (TPSA) is 162 Å². The van der Waals surface area contributed by atoms with Gasteiger partial charge in [-0.2, -0.15) is 4.98 Å². The van der Waals surface area contributed by atoms with Crippen molar-refractivity contribution in [2.24, 2.45) is 5.92 Å². The third kappa shape index (κ3) is 6.20. The summed E-state index contributed by atoms with van der Waals surface area (Å²) in [5.41, 5.74) is 1.59. The van der Waals surface area contributed by atoms with Crippen molar-refractivity contribution in [3.05, 3.63) is 64.2 Å². The Balaban J connectivity index is 1.53. The van der Waals surface area contributed by atoms with E-state index in [1.807, 2.05) is 24.3 Å². The minimum Gasteiger partial charge on any atom is -0.384 e. The number of Topliss-reactive ketones (excluding diaryl/α,β-unsaturated/α-hetero) is 1. The predicted molar refractivity (Wildman–Crippen MR) is 157 cm³/mol. The number of pyridine rings is 1. The van der Waals surface area contributed by atoms with Gasteiger partial charge in [-0.05, 0) is 30.3 Å². The van der Waals surface area contributed by atoms with Crippen LogP contribution in [0.1, 0.15) is 29.8 Å². The van der Waals surface area contributed by atoms with Crippen LogP contribution in [-0.2, 0) is 21.1 Å². The number of carbonyl (C=O) groups excluding carboxylic acids is 1. The van der Waals surface area contributed by atoms with E-state index in [0.29, 0.717) is 5.39 Å². The number of ether oxygens (including phenoxy) is 1. The Bertz CT molecular complexity index is 1740. The molecule has 42 heavy (non-hydrogen) atoms. The normalized spacial score (nSPS) is 14.0. The number of sulfone groups is 1. The average molecular weight is 596 g/mol. The van der Waals surface area contributed by atoms with E-state index >= 15 is 0 Å². The van der Waals surface area contributed by atoms with Crippen molar-refractivity contribution in [1.82, 2.24) is 25.0 Å². The molecule has 0 saturated carbocycles. The summed E-state index contributed by atoms with van der Waals surface area (Å²) in [6.07, 6.45) is 2.77. The van der Waals surface area contributed by atoms with Gasteiger partial charge in [-0.15, -0.1) is 0 Å². The first-order valence-electron chi connectivity index (χ1n) is 13.6. The van der Waals surface area contributed by atoms with Crippen LogP contribution in [0.2, 0.25) is 0 Å². The zero-order valence-corrected chi connectivity index (χ0v) is 24.5. The number of rotatable bonds is 11. The van der Waals surface area contributed by atoms with Crippen molar-refractivity contribution in [1.29, 1.82) is 0 Å². The number of methoxy groups -OCH3 is 1. The number of anilines is 3. The molecular formula is C28H33N7O6S. The molecular weight excluding hydrogens is 562 g/mol. The maximum atomic E-state index is 13.7. The summed E-state index contributed by atoms with van der Waals surface area (Å²) in [5.74, 6) is -0.876. The number of benzene rings is 1. The van der Waals surface area contributed by atoms with Crippen molar-refractivity contribution in [3.63, 3.8) is 0 Å². The Labute approximate surface area is 242 Å². The molecule has 0 amide bonds. The van der Waals surface area contributed by atoms with E-state index in [1.165, 1.54) is 30.1 Å². The molecule has 0 radical (unpaired) electrons. The van der Waals surface area contributed by atoms with Gasteiger partial charge in [0.2, 0.25) is 15.8 Å². The van der Waals surface area contributed by atoms with Crippen LogP contribution in [0, 0.1) is 5.92 Å². The largest absolute Gasteiger partial charge is 0.384 e. The molecule has 1 fully saturated rings. The fraction of sp³-hybridized carbons (Fsp3) is 0.393. The van der Waals surface area contributed by atoms with E-state index < -0.39 is 21.3 Å². The maximum Gasteiger partial charge on any atom is 0.263 e. The SMILES string of the molecule is COCCS(=O)(=O)c1oncc1Cn1c(=O)c(C(=O)C(C)C)cc2cnc(Nc3ccc(N4CCNCC4)cc3)nc21. The third-order valence-corrected chi connectivity index (χ3v) is 8.60. The Morgan fingerprint density at radius 3 is 2.60 bits per heavy atom. The number of fused-ring (bicyclic) bond motifs is 1. The Morgan fingerprint density at radius 1 is 1.17 bits per heavy atom. The minimum atomic E-state index is -3.89. The molecule has 2 N–H and O–H groups in total. The summed E-state index contributed by atoms with van der Waals surface area (Å²) >= 11 is 0. The van der Waals surface area contributed by atoms with Crippen LogP contribution in [0.4, 0.5) is 17.3 Å². The fourth-order valence-corrected chi connectivity index (χ4v) is 5.97. The summed E-state index contributed by atoms with van der Waals surface area (Å²) in [6.45, 7) is 6.86. The first kappa shape index (κ1) is 29.4. The number of hydrogen-bond donors (Lipinski definition) is 2. The molecule has 5 rings (SSSR count). The van der Waals surface area contributed by atoms with Gasteiger partial charge in [0.15, 0.2) is 5.78 Å². The van der Waals surface area contributed by atoms with Crippen molar-refractivity contribution in [2.45, 2.75) is 25.5 Å². The molecule has 14 heteroatoms. The first-order valence-corrected chi connectivity index (χ1v) is 15.3. The number of carbonyl (C=O) groups is 1. The lowest BCUT2D eigenvalue weighted by molar-refractivity contribution is 0.0937. The first-order chi connectivity index (χ1) is 20.2. The lowest BCUT2D eigenvalue weighted by atomic mass is 10.0. The highest BCUT2D eigenvalue weighted by Gasteiger charge is 2.26. The Morgan fingerprint density at radius 2 is 1.90 bits per heavy atom. The van der Waals surface area contributed by atoms with Crippen LogP contribution in [-0.4, -0.2) is 79.5 Å². The van der Waals surface area contributed by atoms with Crippen LogP contribution in [0.25, 0.3) is 11.0 Å². The summed E-state index contributed by atoms with van der Waals surface area (Å²) < 4.78 is 37.0. The zero-order valence-electron chi connectivity index (χ0n) is 23.7. The van der Waals surface area contributed by atoms with Gasteiger partial charge in [-0.3, -0.25) is 14.2 Å². The molecule has 222 valence electrons. The van der Waals surface area contributed by atoms with Crippen LogP contribution in [0.15, 0.2) is 57.1 Å². The van der Waals surface area contributed by atoms with E-state index in [-0.39, 0.29) is 52.5 Å². The summed E-state index contributed by atoms with van der Waals surface area (Å²) in [5, 5.41) is 10.3. The molecule has 0 aliphatic carbocycles. The van der Waals surface area contributed by atoms with E-state index in [1.54, 1.807) is 13.8 Å². The van der Waals surface area contributed by atoms with Gasteiger partial charge in [-0.25, -0.2) is 13.4 Å².